The molecule has 1 N–H and O–H groups in total. The number of esters is 1. The van der Waals surface area contributed by atoms with Crippen molar-refractivity contribution in [3.05, 3.63) is 119 Å². The molecule has 2 aromatic heterocycles. The molecule has 0 atom stereocenters. The lowest BCUT2D eigenvalue weighted by molar-refractivity contribution is 0.0512. The molecule has 6 rings (SSSR count). The zero-order valence-electron chi connectivity index (χ0n) is 31.2. The monoisotopic (exact) mass is 765 g/mol. The number of carbonyl (C=O) groups excluding carboxylic acids is 2. The van der Waals surface area contributed by atoms with Crippen LogP contribution >= 0.6 is 0 Å². The van der Waals surface area contributed by atoms with Gasteiger partial charge in [-0.3, -0.25) is 4.68 Å². The van der Waals surface area contributed by atoms with Crippen molar-refractivity contribution in [2.45, 2.75) is 59.2 Å². The summed E-state index contributed by atoms with van der Waals surface area (Å²) < 4.78 is 56.1. The lowest BCUT2D eigenvalue weighted by Crippen LogP contribution is -2.24. The number of aryl methyl sites for hydroxylation is 3. The standard InChI is InChI=1S/C42H46N4O8S/c1-4-36-38(35(44-45(36)3)27-43-42(48)54-28-29-15-7-6-8-16-29)34-21-12-20-32-33(22-13-25-53-37-23-11-18-30-17-9-10-19-31(30)37)40(41(47)52-5-2)46(39(32)34)24-14-26-55(49,50)51/h6-12,15-21,23H,4-5,13-14,22,24-28H2,1-3H3,(H,43,48)(H,49,50,51)/p-1. The molecular formula is C42H45N4O8S-. The lowest BCUT2D eigenvalue weighted by atomic mass is 9.97. The zero-order chi connectivity index (χ0) is 39.0. The Balaban J connectivity index is 1.38. The van der Waals surface area contributed by atoms with Gasteiger partial charge in [-0.05, 0) is 55.2 Å². The first-order valence-electron chi connectivity index (χ1n) is 18.4. The third-order valence-electron chi connectivity index (χ3n) is 9.47. The predicted octanol–water partition coefficient (Wildman–Crippen LogP) is 7.31. The number of hydrogen-bond acceptors (Lipinski definition) is 9. The molecule has 0 radical (unpaired) electrons. The second-order valence-corrected chi connectivity index (χ2v) is 14.6. The molecule has 12 nitrogen and oxygen atoms in total. The van der Waals surface area contributed by atoms with Crippen LogP contribution in [-0.4, -0.2) is 58.3 Å². The largest absolute Gasteiger partial charge is 0.748 e. The van der Waals surface area contributed by atoms with Crippen LogP contribution in [0.15, 0.2) is 91.0 Å². The number of aromatic nitrogens is 3. The Kier molecular flexibility index (Phi) is 12.5. The SMILES string of the molecule is CCOC(=O)c1c(CCCOc2cccc3ccccc23)c2cccc(-c3c(CNC(=O)OCc4ccccc4)nn(C)c3CC)c2n1CCCS(=O)(=O)[O-]. The van der Waals surface area contributed by atoms with Crippen LogP contribution in [0.3, 0.4) is 0 Å². The maximum Gasteiger partial charge on any atom is 0.407 e. The molecule has 4 aromatic carbocycles. The van der Waals surface area contributed by atoms with Crippen molar-refractivity contribution < 1.29 is 36.8 Å². The second kappa shape index (κ2) is 17.7. The van der Waals surface area contributed by atoms with Crippen LogP contribution in [0.25, 0.3) is 32.8 Å². The van der Waals surface area contributed by atoms with Gasteiger partial charge in [-0.15, -0.1) is 0 Å². The lowest BCUT2D eigenvalue weighted by Gasteiger charge is -2.15. The van der Waals surface area contributed by atoms with Crippen molar-refractivity contribution in [2.75, 3.05) is 19.0 Å². The summed E-state index contributed by atoms with van der Waals surface area (Å²) in [5.74, 6) is -0.385. The molecule has 288 valence electrons. The molecule has 0 saturated heterocycles. The van der Waals surface area contributed by atoms with Crippen molar-refractivity contribution in [1.82, 2.24) is 19.7 Å². The third-order valence-corrected chi connectivity index (χ3v) is 10.3. The number of amides is 1. The Bertz CT molecular complexity index is 2400. The Morgan fingerprint density at radius 3 is 2.36 bits per heavy atom. The van der Waals surface area contributed by atoms with Crippen LogP contribution < -0.4 is 10.1 Å². The molecule has 0 aliphatic carbocycles. The maximum absolute atomic E-state index is 13.9. The van der Waals surface area contributed by atoms with Gasteiger partial charge in [-0.2, -0.15) is 5.10 Å². The number of carbonyl (C=O) groups is 2. The molecule has 1 amide bonds. The molecule has 0 fully saturated rings. The first-order valence-corrected chi connectivity index (χ1v) is 20.0. The van der Waals surface area contributed by atoms with Gasteiger partial charge in [0, 0.05) is 46.9 Å². The number of hydrogen-bond donors (Lipinski definition) is 1. The topological polar surface area (TPSA) is 154 Å². The second-order valence-electron chi connectivity index (χ2n) is 13.1. The van der Waals surface area contributed by atoms with Gasteiger partial charge in [0.1, 0.15) is 18.1 Å². The molecule has 0 unspecified atom stereocenters. The van der Waals surface area contributed by atoms with Gasteiger partial charge in [0.2, 0.25) is 0 Å². The van der Waals surface area contributed by atoms with E-state index < -0.39 is 27.9 Å². The molecule has 13 heteroatoms. The van der Waals surface area contributed by atoms with Crippen LogP contribution in [0, 0.1) is 0 Å². The zero-order valence-corrected chi connectivity index (χ0v) is 32.1. The minimum atomic E-state index is -4.52. The summed E-state index contributed by atoms with van der Waals surface area (Å²) in [4.78, 5) is 26.7. The van der Waals surface area contributed by atoms with Gasteiger partial charge in [0.15, 0.2) is 0 Å². The number of rotatable bonds is 17. The first-order chi connectivity index (χ1) is 26.6. The number of nitrogens with zero attached hydrogens (tertiary/aromatic N) is 3. The Morgan fingerprint density at radius 1 is 0.873 bits per heavy atom. The Hall–Kier alpha value is -5.66. The average Bonchev–Trinajstić information content (AvgIpc) is 3.67. The minimum absolute atomic E-state index is 0.0185. The number of nitrogens with one attached hydrogen (secondary N) is 1. The van der Waals surface area contributed by atoms with Crippen molar-refractivity contribution in [2.24, 2.45) is 7.05 Å². The highest BCUT2D eigenvalue weighted by Gasteiger charge is 2.28. The summed E-state index contributed by atoms with van der Waals surface area (Å²) in [5.41, 5.74) is 5.54. The molecule has 6 aromatic rings. The fourth-order valence-electron chi connectivity index (χ4n) is 7.13. The van der Waals surface area contributed by atoms with E-state index in [1.54, 1.807) is 16.2 Å². The van der Waals surface area contributed by atoms with E-state index in [1.807, 2.05) is 105 Å². The molecule has 0 bridgehead atoms. The molecule has 55 heavy (non-hydrogen) atoms. The molecular weight excluding hydrogens is 721 g/mol. The van der Waals surface area contributed by atoms with Crippen molar-refractivity contribution in [3.8, 4) is 16.9 Å². The number of benzene rings is 4. The quantitative estimate of drug-likeness (QED) is 0.0572. The van der Waals surface area contributed by atoms with Gasteiger partial charge in [-0.1, -0.05) is 91.9 Å². The number of alkyl carbamates (subject to hydrolysis) is 1. The Labute approximate surface area is 320 Å². The summed E-state index contributed by atoms with van der Waals surface area (Å²) >= 11 is 0. The van der Waals surface area contributed by atoms with E-state index in [2.05, 4.69) is 5.32 Å². The average molecular weight is 766 g/mol. The summed E-state index contributed by atoms with van der Waals surface area (Å²) in [6.07, 6.45) is 0.986. The molecule has 0 aliphatic heterocycles. The minimum Gasteiger partial charge on any atom is -0.748 e. The summed E-state index contributed by atoms with van der Waals surface area (Å²) in [6.45, 7) is 4.48. The number of para-hydroxylation sites is 1. The van der Waals surface area contributed by atoms with Gasteiger partial charge >= 0.3 is 12.1 Å². The molecule has 2 heterocycles. The Morgan fingerprint density at radius 2 is 1.60 bits per heavy atom. The maximum atomic E-state index is 13.9. The van der Waals surface area contributed by atoms with Crippen LogP contribution in [0.4, 0.5) is 4.79 Å². The van der Waals surface area contributed by atoms with E-state index in [9.17, 15) is 22.6 Å². The fraction of sp³-hybridized carbons (Fsp3) is 0.310. The molecule has 0 aliphatic rings. The van der Waals surface area contributed by atoms with E-state index in [0.717, 1.165) is 49.9 Å². The van der Waals surface area contributed by atoms with Gasteiger partial charge in [-0.25, -0.2) is 18.0 Å². The van der Waals surface area contributed by atoms with Crippen molar-refractivity contribution >= 4 is 43.9 Å². The van der Waals surface area contributed by atoms with Crippen LogP contribution in [0.2, 0.25) is 0 Å². The van der Waals surface area contributed by atoms with Crippen LogP contribution in [0.5, 0.6) is 5.75 Å². The normalized spacial score (nSPS) is 11.6. The molecule has 0 spiro atoms. The smallest absolute Gasteiger partial charge is 0.407 e. The van der Waals surface area contributed by atoms with Gasteiger partial charge < -0.3 is 28.6 Å². The fourth-order valence-corrected chi connectivity index (χ4v) is 7.62. The van der Waals surface area contributed by atoms with Gasteiger partial charge in [0.05, 0.1) is 41.1 Å². The third kappa shape index (κ3) is 9.18. The van der Waals surface area contributed by atoms with Crippen LogP contribution in [0.1, 0.15) is 59.7 Å². The highest BCUT2D eigenvalue weighted by atomic mass is 32.2. The summed E-state index contributed by atoms with van der Waals surface area (Å²) in [5, 5.41) is 10.5. The predicted molar refractivity (Wildman–Crippen MR) is 210 cm³/mol. The number of fused-ring (bicyclic) bond motifs is 2. The van der Waals surface area contributed by atoms with Crippen molar-refractivity contribution in [1.29, 1.82) is 0 Å². The van der Waals surface area contributed by atoms with E-state index in [4.69, 9.17) is 19.3 Å². The van der Waals surface area contributed by atoms with Gasteiger partial charge in [0.25, 0.3) is 0 Å². The highest BCUT2D eigenvalue weighted by molar-refractivity contribution is 7.85. The number of ether oxygens (including phenoxy) is 3. The van der Waals surface area contributed by atoms with E-state index in [-0.39, 0.29) is 32.7 Å². The molecule has 0 saturated carbocycles. The van der Waals surface area contributed by atoms with E-state index in [0.29, 0.717) is 42.8 Å². The summed E-state index contributed by atoms with van der Waals surface area (Å²) in [7, 11) is -2.68. The van der Waals surface area contributed by atoms with Crippen LogP contribution in [-0.2, 0) is 59.2 Å². The van der Waals surface area contributed by atoms with E-state index >= 15 is 0 Å². The first kappa shape index (κ1) is 39.0. The van der Waals surface area contributed by atoms with Crippen molar-refractivity contribution in [3.63, 3.8) is 0 Å². The summed E-state index contributed by atoms with van der Waals surface area (Å²) in [6, 6.07) is 29.1. The highest BCUT2D eigenvalue weighted by Crippen LogP contribution is 2.39. The van der Waals surface area contributed by atoms with E-state index in [1.165, 1.54) is 0 Å².